The predicted octanol–water partition coefficient (Wildman–Crippen LogP) is -0.639. The highest BCUT2D eigenvalue weighted by Gasteiger charge is 2.43. The Morgan fingerprint density at radius 3 is 2.62 bits per heavy atom. The first-order valence-electron chi connectivity index (χ1n) is 8.41. The van der Waals surface area contributed by atoms with Crippen LogP contribution in [0.4, 0.5) is 5.82 Å². The average molecular weight is 331 g/mol. The minimum atomic E-state index is -0.265. The van der Waals surface area contributed by atoms with Crippen LogP contribution in [0.5, 0.6) is 0 Å². The van der Waals surface area contributed by atoms with Gasteiger partial charge in [0.2, 0.25) is 11.8 Å². The van der Waals surface area contributed by atoms with Crippen LogP contribution in [0.3, 0.4) is 0 Å². The topological polar surface area (TPSA) is 87.5 Å². The summed E-state index contributed by atoms with van der Waals surface area (Å²) in [6.45, 7) is 1.66. The summed E-state index contributed by atoms with van der Waals surface area (Å²) >= 11 is 0. The van der Waals surface area contributed by atoms with Crippen LogP contribution < -0.4 is 15.8 Å². The Kier molecular flexibility index (Phi) is 3.54. The molecule has 4 rings (SSSR count). The monoisotopic (exact) mass is 331 g/mol. The molecule has 2 amide bonds. The molecular weight excluding hydrogens is 310 g/mol. The van der Waals surface area contributed by atoms with Gasteiger partial charge in [0.05, 0.1) is 12.0 Å². The summed E-state index contributed by atoms with van der Waals surface area (Å²) < 4.78 is 1.76. The lowest BCUT2D eigenvalue weighted by atomic mass is 10.1. The second-order valence-electron chi connectivity index (χ2n) is 6.81. The van der Waals surface area contributed by atoms with Gasteiger partial charge in [0.25, 0.3) is 5.56 Å². The lowest BCUT2D eigenvalue weighted by Crippen LogP contribution is -2.61. The normalized spacial score (nSPS) is 24.2. The van der Waals surface area contributed by atoms with E-state index in [2.05, 4.69) is 10.3 Å². The number of nitrogens with zero attached hydrogens (tertiary/aromatic N) is 4. The minimum Gasteiger partial charge on any atom is -0.359 e. The van der Waals surface area contributed by atoms with Crippen molar-refractivity contribution in [3.63, 3.8) is 0 Å². The summed E-state index contributed by atoms with van der Waals surface area (Å²) in [7, 11) is 1.59. The minimum absolute atomic E-state index is 0.0182. The molecule has 3 heterocycles. The van der Waals surface area contributed by atoms with E-state index in [0.717, 1.165) is 12.8 Å². The number of anilines is 1. The van der Waals surface area contributed by atoms with Crippen LogP contribution >= 0.6 is 0 Å². The van der Waals surface area contributed by atoms with Gasteiger partial charge >= 0.3 is 0 Å². The maximum atomic E-state index is 12.5. The molecule has 3 aliphatic rings. The number of hydrogen-bond donors (Lipinski definition) is 1. The van der Waals surface area contributed by atoms with Gasteiger partial charge in [0.15, 0.2) is 5.82 Å². The number of carbonyl (C=O) groups excluding carboxylic acids is 2. The quantitative estimate of drug-likeness (QED) is 0.793. The third-order valence-corrected chi connectivity index (χ3v) is 5.17. The molecule has 1 aromatic rings. The van der Waals surface area contributed by atoms with Gasteiger partial charge in [-0.15, -0.1) is 0 Å². The zero-order valence-electron chi connectivity index (χ0n) is 13.6. The first kappa shape index (κ1) is 15.2. The van der Waals surface area contributed by atoms with Crippen molar-refractivity contribution in [2.75, 3.05) is 31.6 Å². The molecule has 0 aromatic carbocycles. The summed E-state index contributed by atoms with van der Waals surface area (Å²) in [5, 5.41) is 2.61. The number of likely N-dealkylation sites (tertiary alicyclic amines) is 1. The van der Waals surface area contributed by atoms with E-state index in [-0.39, 0.29) is 35.8 Å². The summed E-state index contributed by atoms with van der Waals surface area (Å²) in [4.78, 5) is 44.3. The Morgan fingerprint density at radius 2 is 1.96 bits per heavy atom. The van der Waals surface area contributed by atoms with E-state index in [1.165, 1.54) is 0 Å². The smallest absolute Gasteiger partial charge is 0.293 e. The molecule has 1 unspecified atom stereocenters. The Hall–Kier alpha value is -2.38. The summed E-state index contributed by atoms with van der Waals surface area (Å²) in [6, 6.07) is 0.382. The van der Waals surface area contributed by atoms with Gasteiger partial charge in [-0.2, -0.15) is 0 Å². The molecule has 128 valence electrons. The van der Waals surface area contributed by atoms with Crippen molar-refractivity contribution in [3.8, 4) is 0 Å². The second-order valence-corrected chi connectivity index (χ2v) is 6.81. The second kappa shape index (κ2) is 5.61. The van der Waals surface area contributed by atoms with E-state index in [4.69, 9.17) is 0 Å². The Bertz CT molecular complexity index is 735. The maximum Gasteiger partial charge on any atom is 0.293 e. The highest BCUT2D eigenvalue weighted by Crippen LogP contribution is 2.33. The van der Waals surface area contributed by atoms with Gasteiger partial charge in [-0.3, -0.25) is 14.4 Å². The highest BCUT2D eigenvalue weighted by molar-refractivity contribution is 5.89. The van der Waals surface area contributed by atoms with E-state index >= 15 is 0 Å². The van der Waals surface area contributed by atoms with Crippen LogP contribution in [0.15, 0.2) is 17.2 Å². The van der Waals surface area contributed by atoms with Crippen LogP contribution in [0.1, 0.15) is 25.3 Å². The summed E-state index contributed by atoms with van der Waals surface area (Å²) in [5.74, 6) is 0.136. The van der Waals surface area contributed by atoms with E-state index in [1.54, 1.807) is 28.9 Å². The van der Waals surface area contributed by atoms with Crippen LogP contribution in [0, 0.1) is 5.92 Å². The molecule has 2 saturated heterocycles. The van der Waals surface area contributed by atoms with Gasteiger partial charge in [0, 0.05) is 51.5 Å². The molecule has 1 aromatic heterocycles. The van der Waals surface area contributed by atoms with E-state index < -0.39 is 0 Å². The Morgan fingerprint density at radius 1 is 1.21 bits per heavy atom. The first-order chi connectivity index (χ1) is 11.6. The molecule has 3 fully saturated rings. The van der Waals surface area contributed by atoms with Gasteiger partial charge in [-0.25, -0.2) is 4.98 Å². The largest absolute Gasteiger partial charge is 0.359 e. The number of nitrogens with one attached hydrogen (secondary N) is 1. The average Bonchev–Trinajstić information content (AvgIpc) is 3.30. The van der Waals surface area contributed by atoms with Gasteiger partial charge in [0.1, 0.15) is 0 Å². The molecule has 1 aliphatic carbocycles. The maximum absolute atomic E-state index is 12.5. The van der Waals surface area contributed by atoms with Gasteiger partial charge < -0.3 is 19.7 Å². The zero-order valence-corrected chi connectivity index (χ0v) is 13.6. The molecule has 1 N–H and O–H groups in total. The molecule has 0 spiro atoms. The molecule has 24 heavy (non-hydrogen) atoms. The molecule has 2 aliphatic heterocycles. The number of hydrogen-bond acceptors (Lipinski definition) is 5. The third-order valence-electron chi connectivity index (χ3n) is 5.17. The van der Waals surface area contributed by atoms with Crippen molar-refractivity contribution in [1.82, 2.24) is 19.8 Å². The standard InChI is InChI=1S/C16H21N5O3/c1-17-15(23)10-6-13(22)21(7-10)12-8-19(9-12)14-16(24)20(5-4-18-14)11-2-3-11/h4-5,10-12H,2-3,6-9H2,1H3,(H,17,23). The van der Waals surface area contributed by atoms with E-state index in [9.17, 15) is 14.4 Å². The summed E-state index contributed by atoms with van der Waals surface area (Å²) in [6.07, 6.45) is 5.79. The van der Waals surface area contributed by atoms with Gasteiger partial charge in [-0.1, -0.05) is 0 Å². The lowest BCUT2D eigenvalue weighted by Gasteiger charge is -2.44. The molecule has 8 heteroatoms. The number of carbonyl (C=O) groups is 2. The first-order valence-corrected chi connectivity index (χ1v) is 8.41. The van der Waals surface area contributed by atoms with E-state index in [0.29, 0.717) is 31.5 Å². The molecule has 0 radical (unpaired) electrons. The number of amides is 2. The molecule has 1 atom stereocenters. The SMILES string of the molecule is CNC(=O)C1CC(=O)N(C2CN(c3nccn(C4CC4)c3=O)C2)C1. The van der Waals surface area contributed by atoms with Gasteiger partial charge in [-0.05, 0) is 12.8 Å². The van der Waals surface area contributed by atoms with Crippen LogP contribution in [-0.4, -0.2) is 59.0 Å². The fourth-order valence-electron chi connectivity index (χ4n) is 3.56. The van der Waals surface area contributed by atoms with Crippen molar-refractivity contribution < 1.29 is 9.59 Å². The Labute approximate surface area is 139 Å². The molecular formula is C16H21N5O3. The highest BCUT2D eigenvalue weighted by atomic mass is 16.2. The van der Waals surface area contributed by atoms with Crippen molar-refractivity contribution in [2.45, 2.75) is 31.3 Å². The van der Waals surface area contributed by atoms with Crippen molar-refractivity contribution in [1.29, 1.82) is 0 Å². The van der Waals surface area contributed by atoms with Crippen LogP contribution in [0.25, 0.3) is 0 Å². The van der Waals surface area contributed by atoms with Crippen LogP contribution in [0.2, 0.25) is 0 Å². The van der Waals surface area contributed by atoms with Crippen LogP contribution in [-0.2, 0) is 9.59 Å². The van der Waals surface area contributed by atoms with Crippen molar-refractivity contribution in [2.24, 2.45) is 5.92 Å². The number of rotatable bonds is 4. The number of aromatic nitrogens is 2. The lowest BCUT2D eigenvalue weighted by molar-refractivity contribution is -0.130. The van der Waals surface area contributed by atoms with E-state index in [1.807, 2.05) is 4.90 Å². The molecule has 8 nitrogen and oxygen atoms in total. The fraction of sp³-hybridized carbons (Fsp3) is 0.625. The Balaban J connectivity index is 1.42. The van der Waals surface area contributed by atoms with Crippen molar-refractivity contribution >= 4 is 17.6 Å². The molecule has 0 bridgehead atoms. The zero-order chi connectivity index (χ0) is 16.8. The van der Waals surface area contributed by atoms with Crippen molar-refractivity contribution in [3.05, 3.63) is 22.7 Å². The third kappa shape index (κ3) is 2.46. The predicted molar refractivity (Wildman–Crippen MR) is 86.7 cm³/mol. The summed E-state index contributed by atoms with van der Waals surface area (Å²) in [5.41, 5.74) is -0.0468. The molecule has 1 saturated carbocycles. The fourth-order valence-corrected chi connectivity index (χ4v) is 3.56.